The van der Waals surface area contributed by atoms with Crippen LogP contribution in [0.5, 0.6) is 0 Å². The number of imide groups is 1. The number of nitrogens with zero attached hydrogens (tertiary/aromatic N) is 1. The lowest BCUT2D eigenvalue weighted by molar-refractivity contribution is -0.155. The number of hydrogen-bond donors (Lipinski definition) is 0. The van der Waals surface area contributed by atoms with Crippen LogP contribution in [0.2, 0.25) is 0 Å². The Morgan fingerprint density at radius 2 is 1.72 bits per heavy atom. The number of piperidine rings is 1. The number of fused-ring (bicyclic) bond motifs is 1. The summed E-state index contributed by atoms with van der Waals surface area (Å²) in [6, 6.07) is 0. The van der Waals surface area contributed by atoms with E-state index in [-0.39, 0.29) is 35.6 Å². The zero-order chi connectivity index (χ0) is 13.9. The molecule has 0 radical (unpaired) electrons. The minimum absolute atomic E-state index is 0.0976. The van der Waals surface area contributed by atoms with Crippen LogP contribution in [0, 0.1) is 22.7 Å². The predicted molar refractivity (Wildman–Crippen MR) is 63.3 cm³/mol. The van der Waals surface area contributed by atoms with Gasteiger partial charge in [0.05, 0.1) is 24.4 Å². The van der Waals surface area contributed by atoms with E-state index in [1.54, 1.807) is 13.8 Å². The second kappa shape index (κ2) is 3.56. The number of hydrogen-bond acceptors (Lipinski definition) is 4. The first kappa shape index (κ1) is 13.1. The Labute approximate surface area is 106 Å². The van der Waals surface area contributed by atoms with Gasteiger partial charge in [-0.05, 0) is 19.3 Å². The third kappa shape index (κ3) is 1.56. The Morgan fingerprint density at radius 3 is 2.11 bits per heavy atom. The van der Waals surface area contributed by atoms with E-state index in [1.165, 1.54) is 12.0 Å². The second-order valence-corrected chi connectivity index (χ2v) is 6.41. The fraction of sp³-hybridized carbons (Fsp3) is 0.769. The Morgan fingerprint density at radius 1 is 1.28 bits per heavy atom. The van der Waals surface area contributed by atoms with Crippen LogP contribution in [0.4, 0.5) is 0 Å². The van der Waals surface area contributed by atoms with E-state index in [2.05, 4.69) is 4.74 Å². The summed E-state index contributed by atoms with van der Waals surface area (Å²) in [6.07, 6.45) is 0. The van der Waals surface area contributed by atoms with Gasteiger partial charge in [0.25, 0.3) is 0 Å². The maximum absolute atomic E-state index is 12.1. The minimum Gasteiger partial charge on any atom is -0.469 e. The number of rotatable bonds is 3. The molecule has 1 saturated carbocycles. The molecule has 1 aliphatic carbocycles. The van der Waals surface area contributed by atoms with Crippen LogP contribution in [-0.4, -0.2) is 36.3 Å². The van der Waals surface area contributed by atoms with E-state index >= 15 is 0 Å². The van der Waals surface area contributed by atoms with Crippen molar-refractivity contribution < 1.29 is 19.1 Å². The third-order valence-corrected chi connectivity index (χ3v) is 4.18. The van der Waals surface area contributed by atoms with Crippen molar-refractivity contribution in [1.29, 1.82) is 0 Å². The Bertz CT molecular complexity index is 414. The lowest BCUT2D eigenvalue weighted by Crippen LogP contribution is -2.45. The van der Waals surface area contributed by atoms with E-state index in [1.807, 2.05) is 13.8 Å². The Balaban J connectivity index is 2.12. The lowest BCUT2D eigenvalue weighted by Gasteiger charge is -2.28. The van der Waals surface area contributed by atoms with E-state index in [0.717, 1.165) is 0 Å². The predicted octanol–water partition coefficient (Wildman–Crippen LogP) is 0.827. The van der Waals surface area contributed by atoms with Crippen LogP contribution in [0.3, 0.4) is 0 Å². The Kier molecular flexibility index (Phi) is 2.58. The van der Waals surface area contributed by atoms with Gasteiger partial charge in [-0.2, -0.15) is 0 Å². The SMILES string of the molecule is COC(=O)C(C)(C)CN1C(=O)C2C(C1=O)C2(C)C. The molecule has 2 fully saturated rings. The summed E-state index contributed by atoms with van der Waals surface area (Å²) in [5, 5.41) is 0. The third-order valence-electron chi connectivity index (χ3n) is 4.18. The summed E-state index contributed by atoms with van der Waals surface area (Å²) < 4.78 is 4.69. The molecule has 0 aromatic carbocycles. The topological polar surface area (TPSA) is 63.7 Å². The molecule has 2 amide bonds. The van der Waals surface area contributed by atoms with Gasteiger partial charge in [0, 0.05) is 6.54 Å². The largest absolute Gasteiger partial charge is 0.469 e. The quantitative estimate of drug-likeness (QED) is 0.552. The average Bonchev–Trinajstić information content (AvgIpc) is 2.75. The van der Waals surface area contributed by atoms with Crippen LogP contribution in [0.15, 0.2) is 0 Å². The maximum Gasteiger partial charge on any atom is 0.313 e. The summed E-state index contributed by atoms with van der Waals surface area (Å²) in [5.74, 6) is -1.10. The summed E-state index contributed by atoms with van der Waals surface area (Å²) >= 11 is 0. The summed E-state index contributed by atoms with van der Waals surface area (Å²) in [6.45, 7) is 7.31. The van der Waals surface area contributed by atoms with Gasteiger partial charge >= 0.3 is 5.97 Å². The van der Waals surface area contributed by atoms with Crippen molar-refractivity contribution in [2.45, 2.75) is 27.7 Å². The van der Waals surface area contributed by atoms with Crippen LogP contribution in [0.1, 0.15) is 27.7 Å². The van der Waals surface area contributed by atoms with E-state index < -0.39 is 11.4 Å². The highest BCUT2D eigenvalue weighted by Gasteiger charge is 2.72. The van der Waals surface area contributed by atoms with Gasteiger partial charge in [-0.1, -0.05) is 13.8 Å². The molecule has 1 heterocycles. The van der Waals surface area contributed by atoms with Crippen LogP contribution in [-0.2, 0) is 19.1 Å². The summed E-state index contributed by atoms with van der Waals surface area (Å²) in [4.78, 5) is 37.0. The van der Waals surface area contributed by atoms with E-state index in [0.29, 0.717) is 0 Å². The van der Waals surface area contributed by atoms with Gasteiger partial charge in [0.15, 0.2) is 0 Å². The first-order valence-corrected chi connectivity index (χ1v) is 6.08. The van der Waals surface area contributed by atoms with Gasteiger partial charge in [0.2, 0.25) is 11.8 Å². The van der Waals surface area contributed by atoms with Crippen molar-refractivity contribution in [3.63, 3.8) is 0 Å². The molecule has 0 aromatic heterocycles. The number of esters is 1. The van der Waals surface area contributed by atoms with Crippen molar-refractivity contribution in [2.24, 2.45) is 22.7 Å². The summed E-state index contributed by atoms with van der Waals surface area (Å²) in [5.41, 5.74) is -1.07. The van der Waals surface area contributed by atoms with Crippen LogP contribution < -0.4 is 0 Å². The lowest BCUT2D eigenvalue weighted by atomic mass is 9.92. The van der Waals surface area contributed by atoms with Crippen LogP contribution >= 0.6 is 0 Å². The second-order valence-electron chi connectivity index (χ2n) is 6.41. The standard InChI is InChI=1S/C13H19NO4/c1-12(2,11(17)18-5)6-14-9(15)7-8(10(14)16)13(7,3)4/h7-8H,6H2,1-5H3. The molecule has 2 aliphatic rings. The molecular formula is C13H19NO4. The van der Waals surface area contributed by atoms with Crippen molar-refractivity contribution in [3.05, 3.63) is 0 Å². The fourth-order valence-corrected chi connectivity index (χ4v) is 2.90. The normalized spacial score (nSPS) is 29.3. The van der Waals surface area contributed by atoms with E-state index in [9.17, 15) is 14.4 Å². The highest BCUT2D eigenvalue weighted by atomic mass is 16.5. The molecule has 1 aliphatic heterocycles. The molecule has 2 unspecified atom stereocenters. The number of carbonyl (C=O) groups excluding carboxylic acids is 3. The molecule has 5 nitrogen and oxygen atoms in total. The highest BCUT2D eigenvalue weighted by molar-refractivity contribution is 6.10. The monoisotopic (exact) mass is 253 g/mol. The zero-order valence-corrected chi connectivity index (χ0v) is 11.4. The molecule has 18 heavy (non-hydrogen) atoms. The molecule has 0 N–H and O–H groups in total. The van der Waals surface area contributed by atoms with Crippen molar-refractivity contribution >= 4 is 17.8 Å². The van der Waals surface area contributed by atoms with Crippen LogP contribution in [0.25, 0.3) is 0 Å². The summed E-state index contributed by atoms with van der Waals surface area (Å²) in [7, 11) is 1.30. The van der Waals surface area contributed by atoms with Crippen molar-refractivity contribution in [2.75, 3.05) is 13.7 Å². The number of amides is 2. The molecule has 2 rings (SSSR count). The highest BCUT2D eigenvalue weighted by Crippen LogP contribution is 2.63. The number of ether oxygens (including phenoxy) is 1. The average molecular weight is 253 g/mol. The van der Waals surface area contributed by atoms with Gasteiger partial charge < -0.3 is 4.74 Å². The van der Waals surface area contributed by atoms with Gasteiger partial charge in [0.1, 0.15) is 0 Å². The van der Waals surface area contributed by atoms with Gasteiger partial charge in [-0.15, -0.1) is 0 Å². The van der Waals surface area contributed by atoms with Crippen molar-refractivity contribution in [3.8, 4) is 0 Å². The zero-order valence-electron chi connectivity index (χ0n) is 11.4. The Hall–Kier alpha value is -1.39. The van der Waals surface area contributed by atoms with Gasteiger partial charge in [-0.25, -0.2) is 0 Å². The molecule has 0 spiro atoms. The first-order valence-electron chi connectivity index (χ1n) is 6.08. The number of likely N-dealkylation sites (tertiary alicyclic amines) is 1. The smallest absolute Gasteiger partial charge is 0.313 e. The molecule has 0 aromatic rings. The molecule has 100 valence electrons. The van der Waals surface area contributed by atoms with Crippen molar-refractivity contribution in [1.82, 2.24) is 4.90 Å². The molecular weight excluding hydrogens is 234 g/mol. The number of carbonyl (C=O) groups is 3. The van der Waals surface area contributed by atoms with Gasteiger partial charge in [-0.3, -0.25) is 19.3 Å². The molecule has 0 bridgehead atoms. The minimum atomic E-state index is -0.860. The fourth-order valence-electron chi connectivity index (χ4n) is 2.90. The number of methoxy groups -OCH3 is 1. The molecule has 1 saturated heterocycles. The van der Waals surface area contributed by atoms with E-state index in [4.69, 9.17) is 0 Å². The first-order chi connectivity index (χ1) is 8.14. The molecule has 2 atom stereocenters. The molecule has 5 heteroatoms. The maximum atomic E-state index is 12.1.